The normalized spacial score (nSPS) is 28.2. The van der Waals surface area contributed by atoms with Gasteiger partial charge in [-0.15, -0.1) is 0 Å². The lowest BCUT2D eigenvalue weighted by molar-refractivity contribution is -0.126. The van der Waals surface area contributed by atoms with Crippen LogP contribution in [0.3, 0.4) is 0 Å². The Morgan fingerprint density at radius 2 is 1.92 bits per heavy atom. The minimum atomic E-state index is -0.944. The van der Waals surface area contributed by atoms with Crippen LogP contribution in [-0.2, 0) is 16.9 Å². The maximum Gasteiger partial charge on any atom is 0.234 e. The molecule has 1 aromatic carbocycles. The van der Waals surface area contributed by atoms with Gasteiger partial charge in [-0.2, -0.15) is 0 Å². The molecule has 2 unspecified atom stereocenters. The summed E-state index contributed by atoms with van der Waals surface area (Å²) in [6, 6.07) is 10.1. The van der Waals surface area contributed by atoms with Crippen molar-refractivity contribution in [3.63, 3.8) is 0 Å². The van der Waals surface area contributed by atoms with E-state index in [0.717, 1.165) is 24.2 Å². The third kappa shape index (κ3) is 3.39. The van der Waals surface area contributed by atoms with Gasteiger partial charge in [0.15, 0.2) is 0 Å². The van der Waals surface area contributed by atoms with Crippen molar-refractivity contribution in [2.75, 3.05) is 6.54 Å². The summed E-state index contributed by atoms with van der Waals surface area (Å²) >= 11 is 0. The molecule has 138 valence electrons. The van der Waals surface area contributed by atoms with E-state index in [-0.39, 0.29) is 23.8 Å². The Bertz CT molecular complexity index is 746. The quantitative estimate of drug-likeness (QED) is 0.862. The van der Waals surface area contributed by atoms with Crippen molar-refractivity contribution in [3.8, 4) is 0 Å². The molecule has 2 atom stereocenters. The van der Waals surface area contributed by atoms with Gasteiger partial charge in [0.25, 0.3) is 0 Å². The van der Waals surface area contributed by atoms with E-state index in [0.29, 0.717) is 25.9 Å². The maximum absolute atomic E-state index is 13.2. The molecule has 2 saturated heterocycles. The molecule has 2 aliphatic rings. The predicted octanol–water partition coefficient (Wildman–Crippen LogP) is 2.55. The van der Waals surface area contributed by atoms with Crippen LogP contribution in [-0.4, -0.2) is 34.5 Å². The van der Waals surface area contributed by atoms with Gasteiger partial charge in [0.05, 0.1) is 25.0 Å². The van der Waals surface area contributed by atoms with Crippen LogP contribution in [0.5, 0.6) is 0 Å². The molecule has 4 rings (SSSR count). The van der Waals surface area contributed by atoms with Gasteiger partial charge in [-0.1, -0.05) is 12.1 Å². The Kier molecular flexibility index (Phi) is 4.54. The Balaban J connectivity index is 1.39. The molecule has 5 nitrogen and oxygen atoms in total. The molecule has 0 saturated carbocycles. The van der Waals surface area contributed by atoms with E-state index in [1.54, 1.807) is 24.5 Å². The van der Waals surface area contributed by atoms with Crippen LogP contribution in [0.1, 0.15) is 37.0 Å². The van der Waals surface area contributed by atoms with Gasteiger partial charge in [0.2, 0.25) is 5.91 Å². The molecule has 1 aromatic heterocycles. The SMILES string of the molecule is O=C(CN1C2CCC1CC(O)(c1ccc(F)cc1)C2)NCc1ccco1. The molecular formula is C20H23FN2O3. The number of furan rings is 1. The summed E-state index contributed by atoms with van der Waals surface area (Å²) < 4.78 is 18.4. The summed E-state index contributed by atoms with van der Waals surface area (Å²) in [5.74, 6) is 0.391. The smallest absolute Gasteiger partial charge is 0.234 e. The van der Waals surface area contributed by atoms with E-state index >= 15 is 0 Å². The maximum atomic E-state index is 13.2. The summed E-state index contributed by atoms with van der Waals surface area (Å²) in [5, 5.41) is 14.0. The summed E-state index contributed by atoms with van der Waals surface area (Å²) in [4.78, 5) is 14.5. The van der Waals surface area contributed by atoms with Crippen molar-refractivity contribution in [2.45, 2.75) is 49.9 Å². The van der Waals surface area contributed by atoms with Crippen LogP contribution in [0.2, 0.25) is 0 Å². The second kappa shape index (κ2) is 6.85. The van der Waals surface area contributed by atoms with Gasteiger partial charge in [-0.05, 0) is 55.5 Å². The zero-order valence-electron chi connectivity index (χ0n) is 14.5. The van der Waals surface area contributed by atoms with Crippen molar-refractivity contribution in [2.24, 2.45) is 0 Å². The zero-order valence-corrected chi connectivity index (χ0v) is 14.5. The molecule has 2 aromatic rings. The Morgan fingerprint density at radius 3 is 2.54 bits per heavy atom. The van der Waals surface area contributed by atoms with Gasteiger partial charge in [-0.3, -0.25) is 9.69 Å². The summed E-state index contributed by atoms with van der Waals surface area (Å²) in [6.07, 6.45) is 4.67. The molecule has 0 aliphatic carbocycles. The number of hydrogen-bond acceptors (Lipinski definition) is 4. The van der Waals surface area contributed by atoms with Crippen LogP contribution in [0, 0.1) is 5.82 Å². The van der Waals surface area contributed by atoms with Crippen LogP contribution >= 0.6 is 0 Å². The Hall–Kier alpha value is -2.18. The second-order valence-electron chi connectivity index (χ2n) is 7.36. The number of carbonyl (C=O) groups excluding carboxylic acids is 1. The number of hydrogen-bond donors (Lipinski definition) is 2. The van der Waals surface area contributed by atoms with Crippen LogP contribution < -0.4 is 5.32 Å². The number of amides is 1. The summed E-state index contributed by atoms with van der Waals surface area (Å²) in [6.45, 7) is 0.712. The van der Waals surface area contributed by atoms with E-state index in [4.69, 9.17) is 4.42 Å². The third-order valence-corrected chi connectivity index (χ3v) is 5.67. The lowest BCUT2D eigenvalue weighted by Gasteiger charge is -2.43. The van der Waals surface area contributed by atoms with Gasteiger partial charge < -0.3 is 14.8 Å². The molecule has 0 radical (unpaired) electrons. The number of benzene rings is 1. The molecule has 2 aliphatic heterocycles. The second-order valence-corrected chi connectivity index (χ2v) is 7.36. The average molecular weight is 358 g/mol. The monoisotopic (exact) mass is 358 g/mol. The number of rotatable bonds is 5. The van der Waals surface area contributed by atoms with Crippen molar-refractivity contribution >= 4 is 5.91 Å². The molecule has 0 spiro atoms. The van der Waals surface area contributed by atoms with E-state index in [1.165, 1.54) is 12.1 Å². The van der Waals surface area contributed by atoms with E-state index in [9.17, 15) is 14.3 Å². The third-order valence-electron chi connectivity index (χ3n) is 5.67. The molecule has 6 heteroatoms. The van der Waals surface area contributed by atoms with Gasteiger partial charge in [-0.25, -0.2) is 4.39 Å². The highest BCUT2D eigenvalue weighted by Gasteiger charge is 2.48. The van der Waals surface area contributed by atoms with E-state index < -0.39 is 5.60 Å². The molecule has 2 N–H and O–H groups in total. The van der Waals surface area contributed by atoms with Crippen molar-refractivity contribution in [1.82, 2.24) is 10.2 Å². The highest BCUT2D eigenvalue weighted by Crippen LogP contribution is 2.45. The largest absolute Gasteiger partial charge is 0.467 e. The number of nitrogens with one attached hydrogen (secondary N) is 1. The number of piperidine rings is 1. The minimum absolute atomic E-state index is 0.0366. The lowest BCUT2D eigenvalue weighted by atomic mass is 9.80. The van der Waals surface area contributed by atoms with Gasteiger partial charge >= 0.3 is 0 Å². The van der Waals surface area contributed by atoms with Crippen molar-refractivity contribution in [3.05, 3.63) is 59.8 Å². The fourth-order valence-corrected chi connectivity index (χ4v) is 4.39. The van der Waals surface area contributed by atoms with E-state index in [1.807, 2.05) is 6.07 Å². The minimum Gasteiger partial charge on any atom is -0.467 e. The zero-order chi connectivity index (χ0) is 18.1. The van der Waals surface area contributed by atoms with Crippen LogP contribution in [0.4, 0.5) is 4.39 Å². The van der Waals surface area contributed by atoms with Crippen molar-refractivity contribution < 1.29 is 18.7 Å². The fourth-order valence-electron chi connectivity index (χ4n) is 4.39. The predicted molar refractivity (Wildman–Crippen MR) is 93.6 cm³/mol. The molecule has 3 heterocycles. The topological polar surface area (TPSA) is 65.7 Å². The molecule has 2 bridgehead atoms. The molecule has 26 heavy (non-hydrogen) atoms. The highest BCUT2D eigenvalue weighted by molar-refractivity contribution is 5.78. The Labute approximate surface area is 151 Å². The van der Waals surface area contributed by atoms with Gasteiger partial charge in [0, 0.05) is 12.1 Å². The first kappa shape index (κ1) is 17.2. The standard InChI is InChI=1S/C20H23FN2O3/c21-15-5-3-14(4-6-15)20(25)10-16-7-8-17(11-20)23(16)13-19(24)22-12-18-2-1-9-26-18/h1-6,9,16-17,25H,7-8,10-13H2,(H,22,24). The molecule has 1 amide bonds. The van der Waals surface area contributed by atoms with Gasteiger partial charge in [0.1, 0.15) is 11.6 Å². The number of aliphatic hydroxyl groups is 1. The van der Waals surface area contributed by atoms with Crippen LogP contribution in [0.15, 0.2) is 47.1 Å². The first-order valence-corrected chi connectivity index (χ1v) is 9.07. The molecular weight excluding hydrogens is 335 g/mol. The lowest BCUT2D eigenvalue weighted by Crippen LogP contribution is -2.52. The Morgan fingerprint density at radius 1 is 1.23 bits per heavy atom. The number of carbonyl (C=O) groups is 1. The summed E-state index contributed by atoms with van der Waals surface area (Å²) in [5.41, 5.74) is -0.182. The fraction of sp³-hybridized carbons (Fsp3) is 0.450. The number of fused-ring (bicyclic) bond motifs is 2. The average Bonchev–Trinajstić information content (AvgIpc) is 3.21. The van der Waals surface area contributed by atoms with Crippen molar-refractivity contribution in [1.29, 1.82) is 0 Å². The van der Waals surface area contributed by atoms with Crippen LogP contribution in [0.25, 0.3) is 0 Å². The summed E-state index contributed by atoms with van der Waals surface area (Å²) in [7, 11) is 0. The number of halogens is 1. The number of nitrogens with zero attached hydrogens (tertiary/aromatic N) is 1. The first-order chi connectivity index (χ1) is 12.5. The highest BCUT2D eigenvalue weighted by atomic mass is 19.1. The van der Waals surface area contributed by atoms with E-state index in [2.05, 4.69) is 10.2 Å². The first-order valence-electron chi connectivity index (χ1n) is 9.07. The molecule has 2 fully saturated rings.